The Morgan fingerprint density at radius 2 is 2.04 bits per heavy atom. The van der Waals surface area contributed by atoms with Crippen LogP contribution in [0.25, 0.3) is 0 Å². The van der Waals surface area contributed by atoms with E-state index in [0.717, 1.165) is 12.0 Å². The molecule has 0 aliphatic carbocycles. The molecule has 0 atom stereocenters. The monoisotopic (exact) mass is 330 g/mol. The number of carbonyl (C=O) groups is 2. The summed E-state index contributed by atoms with van der Waals surface area (Å²) in [6.45, 7) is 6.21. The van der Waals surface area contributed by atoms with Crippen molar-refractivity contribution in [3.05, 3.63) is 41.5 Å². The van der Waals surface area contributed by atoms with E-state index in [1.165, 1.54) is 0 Å². The van der Waals surface area contributed by atoms with Crippen molar-refractivity contribution in [3.63, 3.8) is 0 Å². The summed E-state index contributed by atoms with van der Waals surface area (Å²) >= 11 is 0. The molecule has 0 unspecified atom stereocenters. The summed E-state index contributed by atoms with van der Waals surface area (Å²) in [5, 5.41) is 8.96. The molecule has 0 aliphatic rings. The predicted octanol–water partition coefficient (Wildman–Crippen LogP) is 2.05. The summed E-state index contributed by atoms with van der Waals surface area (Å²) in [5.41, 5.74) is 1.69. The van der Waals surface area contributed by atoms with Crippen LogP contribution in [-0.2, 0) is 22.4 Å². The molecular weight excluding hydrogens is 308 g/mol. The molecule has 7 nitrogen and oxygen atoms in total. The molecule has 0 aliphatic heterocycles. The zero-order chi connectivity index (χ0) is 17.5. The topological polar surface area (TPSA) is 97.1 Å². The quantitative estimate of drug-likeness (QED) is 0.790. The Balaban J connectivity index is 1.79. The number of amides is 2. The molecule has 24 heavy (non-hydrogen) atoms. The molecule has 0 saturated carbocycles. The van der Waals surface area contributed by atoms with Crippen molar-refractivity contribution in [1.82, 2.24) is 15.5 Å². The number of hydrogen-bond donors (Lipinski definition) is 2. The van der Waals surface area contributed by atoms with Crippen LogP contribution in [0.2, 0.25) is 0 Å². The summed E-state index contributed by atoms with van der Waals surface area (Å²) in [7, 11) is 0. The van der Waals surface area contributed by atoms with Gasteiger partial charge < -0.3 is 15.2 Å². The van der Waals surface area contributed by atoms with Gasteiger partial charge in [0, 0.05) is 24.6 Å². The van der Waals surface area contributed by atoms with Gasteiger partial charge in [-0.3, -0.25) is 9.59 Å². The normalized spacial score (nSPS) is 10.7. The van der Waals surface area contributed by atoms with Crippen LogP contribution in [0.5, 0.6) is 0 Å². The van der Waals surface area contributed by atoms with Crippen LogP contribution in [0.1, 0.15) is 44.0 Å². The number of nitrogens with zero attached hydrogens (tertiary/aromatic N) is 2. The number of hydrogen-bond acceptors (Lipinski definition) is 5. The van der Waals surface area contributed by atoms with Crippen LogP contribution in [0.15, 0.2) is 28.8 Å². The lowest BCUT2D eigenvalue weighted by atomic mass is 10.1. The lowest BCUT2D eigenvalue weighted by Crippen LogP contribution is -2.36. The number of rotatable bonds is 6. The second-order valence-corrected chi connectivity index (χ2v) is 5.71. The molecule has 1 aromatic heterocycles. The predicted molar refractivity (Wildman–Crippen MR) is 89.6 cm³/mol. The van der Waals surface area contributed by atoms with Gasteiger partial charge in [-0.25, -0.2) is 0 Å². The number of aryl methyl sites for hydroxylation is 1. The smallest absolute Gasteiger partial charge is 0.313 e. The molecule has 128 valence electrons. The van der Waals surface area contributed by atoms with E-state index >= 15 is 0 Å². The third-order valence-corrected chi connectivity index (χ3v) is 3.42. The summed E-state index contributed by atoms with van der Waals surface area (Å²) in [4.78, 5) is 27.9. The average molecular weight is 330 g/mol. The standard InChI is InChI=1S/C17H22N4O3/c1-4-12-6-5-7-13(10-12)19-17(23)16(22)18-9-8-14-20-15(11(2)3)21-24-14/h5-7,10-11H,4,8-9H2,1-3H3,(H,18,22)(H,19,23). The van der Waals surface area contributed by atoms with Gasteiger partial charge in [-0.2, -0.15) is 4.98 Å². The van der Waals surface area contributed by atoms with Gasteiger partial charge in [-0.05, 0) is 24.1 Å². The minimum atomic E-state index is -0.698. The number of nitrogens with one attached hydrogen (secondary N) is 2. The summed E-state index contributed by atoms with van der Waals surface area (Å²) in [5.74, 6) is -0.140. The van der Waals surface area contributed by atoms with E-state index in [-0.39, 0.29) is 12.5 Å². The minimum absolute atomic E-state index is 0.182. The van der Waals surface area contributed by atoms with Crippen molar-refractivity contribution in [1.29, 1.82) is 0 Å². The van der Waals surface area contributed by atoms with Gasteiger partial charge in [-0.1, -0.05) is 38.1 Å². The molecule has 2 aromatic rings. The van der Waals surface area contributed by atoms with Crippen molar-refractivity contribution in [2.75, 3.05) is 11.9 Å². The first-order valence-corrected chi connectivity index (χ1v) is 8.00. The molecule has 2 N–H and O–H groups in total. The van der Waals surface area contributed by atoms with Gasteiger partial charge in [-0.15, -0.1) is 0 Å². The van der Waals surface area contributed by atoms with Crippen LogP contribution >= 0.6 is 0 Å². The Hall–Kier alpha value is -2.70. The van der Waals surface area contributed by atoms with E-state index in [4.69, 9.17) is 4.52 Å². The number of benzene rings is 1. The summed E-state index contributed by atoms with van der Waals surface area (Å²) in [6.07, 6.45) is 1.24. The number of carbonyl (C=O) groups excluding carboxylic acids is 2. The Bertz CT molecular complexity index is 709. The van der Waals surface area contributed by atoms with E-state index < -0.39 is 11.8 Å². The zero-order valence-corrected chi connectivity index (χ0v) is 14.1. The number of anilines is 1. The Labute approximate surface area is 140 Å². The maximum Gasteiger partial charge on any atom is 0.313 e. The fourth-order valence-corrected chi connectivity index (χ4v) is 2.02. The Morgan fingerprint density at radius 3 is 2.71 bits per heavy atom. The van der Waals surface area contributed by atoms with E-state index in [1.54, 1.807) is 6.07 Å². The first-order valence-electron chi connectivity index (χ1n) is 8.00. The maximum atomic E-state index is 11.9. The highest BCUT2D eigenvalue weighted by atomic mass is 16.5. The SMILES string of the molecule is CCc1cccc(NC(=O)C(=O)NCCc2nc(C(C)C)no2)c1. The second-order valence-electron chi connectivity index (χ2n) is 5.71. The fraction of sp³-hybridized carbons (Fsp3) is 0.412. The van der Waals surface area contributed by atoms with Crippen molar-refractivity contribution in [2.45, 2.75) is 39.5 Å². The molecule has 2 rings (SSSR count). The maximum absolute atomic E-state index is 11.9. The van der Waals surface area contributed by atoms with Gasteiger partial charge in [0.1, 0.15) is 0 Å². The van der Waals surface area contributed by atoms with Crippen molar-refractivity contribution in [3.8, 4) is 0 Å². The third-order valence-electron chi connectivity index (χ3n) is 3.42. The minimum Gasteiger partial charge on any atom is -0.347 e. The van der Waals surface area contributed by atoms with Crippen molar-refractivity contribution < 1.29 is 14.1 Å². The molecule has 0 radical (unpaired) electrons. The molecule has 0 spiro atoms. The highest BCUT2D eigenvalue weighted by Gasteiger charge is 2.14. The highest BCUT2D eigenvalue weighted by Crippen LogP contribution is 2.11. The van der Waals surface area contributed by atoms with Crippen LogP contribution in [0.4, 0.5) is 5.69 Å². The highest BCUT2D eigenvalue weighted by molar-refractivity contribution is 6.39. The molecule has 0 bridgehead atoms. The van der Waals surface area contributed by atoms with E-state index in [1.807, 2.05) is 39.0 Å². The molecular formula is C17H22N4O3. The van der Waals surface area contributed by atoms with E-state index in [9.17, 15) is 9.59 Å². The van der Waals surface area contributed by atoms with Gasteiger partial charge in [0.15, 0.2) is 5.82 Å². The van der Waals surface area contributed by atoms with E-state index in [2.05, 4.69) is 20.8 Å². The van der Waals surface area contributed by atoms with Crippen molar-refractivity contribution >= 4 is 17.5 Å². The second kappa shape index (κ2) is 8.24. The molecule has 1 aromatic carbocycles. The number of aromatic nitrogens is 2. The Kier molecular flexibility index (Phi) is 6.06. The molecule has 7 heteroatoms. The van der Waals surface area contributed by atoms with Gasteiger partial charge >= 0.3 is 11.8 Å². The van der Waals surface area contributed by atoms with Crippen LogP contribution < -0.4 is 10.6 Å². The lowest BCUT2D eigenvalue weighted by Gasteiger charge is -2.07. The summed E-state index contributed by atoms with van der Waals surface area (Å²) < 4.78 is 5.08. The van der Waals surface area contributed by atoms with E-state index in [0.29, 0.717) is 23.8 Å². The molecule has 2 amide bonds. The third kappa shape index (κ3) is 4.91. The van der Waals surface area contributed by atoms with Gasteiger partial charge in [0.25, 0.3) is 0 Å². The zero-order valence-electron chi connectivity index (χ0n) is 14.1. The van der Waals surface area contributed by atoms with Crippen LogP contribution in [-0.4, -0.2) is 28.5 Å². The molecule has 1 heterocycles. The van der Waals surface area contributed by atoms with Crippen molar-refractivity contribution in [2.24, 2.45) is 0 Å². The van der Waals surface area contributed by atoms with Crippen LogP contribution in [0.3, 0.4) is 0 Å². The Morgan fingerprint density at radius 1 is 1.25 bits per heavy atom. The largest absolute Gasteiger partial charge is 0.347 e. The first kappa shape index (κ1) is 17.7. The van der Waals surface area contributed by atoms with Gasteiger partial charge in [0.2, 0.25) is 5.89 Å². The van der Waals surface area contributed by atoms with Gasteiger partial charge in [0.05, 0.1) is 0 Å². The molecule has 0 fully saturated rings. The average Bonchev–Trinajstić information content (AvgIpc) is 3.04. The first-order chi connectivity index (χ1) is 11.5. The molecule has 0 saturated heterocycles. The fourth-order valence-electron chi connectivity index (χ4n) is 2.02. The lowest BCUT2D eigenvalue weighted by molar-refractivity contribution is -0.136. The summed E-state index contributed by atoms with van der Waals surface area (Å²) in [6, 6.07) is 7.40. The van der Waals surface area contributed by atoms with Crippen LogP contribution in [0, 0.1) is 0 Å².